The predicted octanol–water partition coefficient (Wildman–Crippen LogP) is 7.53. The highest BCUT2D eigenvalue weighted by Crippen LogP contribution is 2.39. The fourth-order valence-corrected chi connectivity index (χ4v) is 6.38. The molecular formula is C30H31ClFNO4S2. The molecule has 0 radical (unpaired) electrons. The predicted molar refractivity (Wildman–Crippen MR) is 158 cm³/mol. The number of esters is 1. The molecule has 0 N–H and O–H groups in total. The van der Waals surface area contributed by atoms with E-state index in [1.54, 1.807) is 19.2 Å². The van der Waals surface area contributed by atoms with Crippen LogP contribution in [0.3, 0.4) is 0 Å². The monoisotopic (exact) mass is 587 g/mol. The van der Waals surface area contributed by atoms with E-state index >= 15 is 4.39 Å². The number of carbonyl (C=O) groups is 1. The number of carbonyl (C=O) groups excluding carboxylic acids is 1. The summed E-state index contributed by atoms with van der Waals surface area (Å²) in [6, 6.07) is 14.7. The van der Waals surface area contributed by atoms with E-state index in [-0.39, 0.29) is 35.9 Å². The lowest BCUT2D eigenvalue weighted by molar-refractivity contribution is -0.142. The Hall–Kier alpha value is -2.81. The van der Waals surface area contributed by atoms with E-state index in [1.165, 1.54) is 11.3 Å². The average molecular weight is 588 g/mol. The zero-order valence-electron chi connectivity index (χ0n) is 22.4. The van der Waals surface area contributed by atoms with Crippen molar-refractivity contribution in [3.8, 4) is 16.9 Å². The van der Waals surface area contributed by atoms with Crippen molar-refractivity contribution in [3.05, 3.63) is 81.7 Å². The van der Waals surface area contributed by atoms with Crippen molar-refractivity contribution >= 4 is 49.8 Å². The summed E-state index contributed by atoms with van der Waals surface area (Å²) in [6.07, 6.45) is 1.97. The lowest BCUT2D eigenvalue weighted by Gasteiger charge is -2.17. The van der Waals surface area contributed by atoms with Crippen LogP contribution in [0.4, 0.5) is 4.39 Å². The van der Waals surface area contributed by atoms with Crippen LogP contribution in [0.25, 0.3) is 21.2 Å². The number of benzene rings is 2. The maximum Gasteiger partial charge on any atom is 0.310 e. The van der Waals surface area contributed by atoms with Crippen molar-refractivity contribution in [1.82, 2.24) is 4.98 Å². The highest BCUT2D eigenvalue weighted by atomic mass is 35.5. The zero-order valence-corrected chi connectivity index (χ0v) is 24.8. The lowest BCUT2D eigenvalue weighted by atomic mass is 9.98. The van der Waals surface area contributed by atoms with Crippen molar-refractivity contribution in [3.63, 3.8) is 0 Å². The Bertz CT molecular complexity index is 1510. The summed E-state index contributed by atoms with van der Waals surface area (Å²) >= 11 is 7.78. The number of pyridine rings is 1. The number of hydrogen-bond donors (Lipinski definition) is 0. The largest absolute Gasteiger partial charge is 0.489 e. The number of ether oxygens (including phenoxy) is 2. The third kappa shape index (κ3) is 7.24. The molecule has 2 heterocycles. The fraction of sp³-hybridized carbons (Fsp3) is 0.333. The SMILES string of the molecule is CCOC(=O)Cc1ccccc1OCc1cc(-c2ccnc(CCS(=O)C(C)(C)C)c2F)c2cc(Cl)sc2c1. The maximum atomic E-state index is 15.8. The van der Waals surface area contributed by atoms with E-state index in [0.29, 0.717) is 33.6 Å². The van der Waals surface area contributed by atoms with Gasteiger partial charge in [-0.25, -0.2) is 4.39 Å². The number of hydrogen-bond acceptors (Lipinski definition) is 6. The molecule has 1 atom stereocenters. The first-order valence-electron chi connectivity index (χ1n) is 12.7. The van der Waals surface area contributed by atoms with E-state index in [2.05, 4.69) is 4.98 Å². The molecule has 4 rings (SSSR count). The number of nitrogens with zero attached hydrogens (tertiary/aromatic N) is 1. The van der Waals surface area contributed by atoms with E-state index in [0.717, 1.165) is 21.2 Å². The summed E-state index contributed by atoms with van der Waals surface area (Å²) in [7, 11) is -1.12. The Labute approximate surface area is 239 Å². The van der Waals surface area contributed by atoms with Crippen molar-refractivity contribution in [2.75, 3.05) is 12.4 Å². The second kappa shape index (κ2) is 12.6. The average Bonchev–Trinajstić information content (AvgIpc) is 3.26. The van der Waals surface area contributed by atoms with E-state index in [4.69, 9.17) is 21.1 Å². The minimum Gasteiger partial charge on any atom is -0.489 e. The summed E-state index contributed by atoms with van der Waals surface area (Å²) in [5.74, 6) is 0.168. The molecule has 9 heteroatoms. The molecule has 0 spiro atoms. The summed E-state index contributed by atoms with van der Waals surface area (Å²) in [5, 5.41) is 0.839. The van der Waals surface area contributed by atoms with Crippen LogP contribution in [0.5, 0.6) is 5.75 Å². The summed E-state index contributed by atoms with van der Waals surface area (Å²) in [5.41, 5.74) is 2.94. The molecule has 0 saturated heterocycles. The van der Waals surface area contributed by atoms with E-state index < -0.39 is 16.6 Å². The third-order valence-electron chi connectivity index (χ3n) is 6.13. The van der Waals surface area contributed by atoms with Crippen molar-refractivity contribution in [1.29, 1.82) is 0 Å². The van der Waals surface area contributed by atoms with Gasteiger partial charge in [-0.3, -0.25) is 14.0 Å². The first-order valence-corrected chi connectivity index (χ1v) is 15.2. The highest BCUT2D eigenvalue weighted by molar-refractivity contribution is 7.86. The van der Waals surface area contributed by atoms with Crippen LogP contribution in [-0.2, 0) is 39.8 Å². The Balaban J connectivity index is 1.64. The van der Waals surface area contributed by atoms with Crippen LogP contribution in [-0.4, -0.2) is 32.3 Å². The second-order valence-electron chi connectivity index (χ2n) is 10.0. The first kappa shape index (κ1) is 29.2. The molecule has 0 aliphatic carbocycles. The molecule has 0 aliphatic rings. The Morgan fingerprint density at radius 2 is 1.90 bits per heavy atom. The number of fused-ring (bicyclic) bond motifs is 1. The number of thiophene rings is 1. The van der Waals surface area contributed by atoms with Gasteiger partial charge in [0.05, 0.1) is 23.1 Å². The van der Waals surface area contributed by atoms with Crippen molar-refractivity contribution in [2.24, 2.45) is 0 Å². The zero-order chi connectivity index (χ0) is 28.2. The van der Waals surface area contributed by atoms with Gasteiger partial charge in [0.15, 0.2) is 5.82 Å². The lowest BCUT2D eigenvalue weighted by Crippen LogP contribution is -2.25. The second-order valence-corrected chi connectivity index (χ2v) is 14.1. The molecule has 1 unspecified atom stereocenters. The van der Waals surface area contributed by atoms with Crippen LogP contribution < -0.4 is 4.74 Å². The fourth-order valence-electron chi connectivity index (χ4n) is 4.16. The van der Waals surface area contributed by atoms with Crippen LogP contribution in [0, 0.1) is 5.82 Å². The highest BCUT2D eigenvalue weighted by Gasteiger charge is 2.21. The molecule has 2 aromatic carbocycles. The maximum absolute atomic E-state index is 15.8. The van der Waals surface area contributed by atoms with Gasteiger partial charge in [0.1, 0.15) is 12.4 Å². The smallest absolute Gasteiger partial charge is 0.310 e. The Kier molecular flexibility index (Phi) is 9.41. The van der Waals surface area contributed by atoms with Crippen LogP contribution in [0.1, 0.15) is 44.5 Å². The van der Waals surface area contributed by atoms with Crippen LogP contribution in [0.2, 0.25) is 4.34 Å². The number of aryl methyl sites for hydroxylation is 1. The number of halogens is 2. The summed E-state index contributed by atoms with van der Waals surface area (Å²) in [4.78, 5) is 16.3. The molecular weight excluding hydrogens is 557 g/mol. The molecule has 0 fully saturated rings. The molecule has 0 bridgehead atoms. The van der Waals surface area contributed by atoms with Gasteiger partial charge in [-0.1, -0.05) is 29.8 Å². The van der Waals surface area contributed by atoms with Gasteiger partial charge in [0, 0.05) is 55.1 Å². The van der Waals surface area contributed by atoms with Gasteiger partial charge >= 0.3 is 5.97 Å². The van der Waals surface area contributed by atoms with Gasteiger partial charge in [-0.2, -0.15) is 0 Å². The Morgan fingerprint density at radius 1 is 1.13 bits per heavy atom. The first-order chi connectivity index (χ1) is 18.6. The molecule has 5 nitrogen and oxygen atoms in total. The molecule has 0 amide bonds. The quantitative estimate of drug-likeness (QED) is 0.179. The summed E-state index contributed by atoms with van der Waals surface area (Å²) < 4.78 is 40.7. The normalized spacial score (nSPS) is 12.5. The molecule has 39 heavy (non-hydrogen) atoms. The minimum atomic E-state index is -1.12. The number of rotatable bonds is 10. The van der Waals surface area contributed by atoms with Gasteiger partial charge in [-0.15, -0.1) is 11.3 Å². The van der Waals surface area contributed by atoms with Crippen LogP contribution >= 0.6 is 22.9 Å². The standard InChI is InChI=1S/C30H31ClFNO4S2/c1-5-36-28(34)16-20-8-6-7-9-25(20)37-18-19-14-22(23-17-27(31)38-26(23)15-19)21-10-12-33-24(29(21)32)11-13-39(35)30(2,3)4/h6-10,12,14-15,17H,5,11,13,16,18H2,1-4H3. The van der Waals surface area contributed by atoms with Crippen LogP contribution in [0.15, 0.2) is 54.7 Å². The van der Waals surface area contributed by atoms with Gasteiger partial charge in [0.2, 0.25) is 0 Å². The van der Waals surface area contributed by atoms with Gasteiger partial charge < -0.3 is 9.47 Å². The topological polar surface area (TPSA) is 65.5 Å². The number of para-hydroxylation sites is 1. The molecule has 4 aromatic rings. The van der Waals surface area contributed by atoms with Gasteiger partial charge in [-0.05, 0) is 69.2 Å². The Morgan fingerprint density at radius 3 is 2.64 bits per heavy atom. The minimum absolute atomic E-state index is 0.111. The number of aromatic nitrogens is 1. The van der Waals surface area contributed by atoms with E-state index in [1.807, 2.05) is 63.2 Å². The molecule has 206 valence electrons. The van der Waals surface area contributed by atoms with Crippen molar-refractivity contribution in [2.45, 2.75) is 51.9 Å². The molecule has 0 aliphatic heterocycles. The van der Waals surface area contributed by atoms with Gasteiger partial charge in [0.25, 0.3) is 0 Å². The van der Waals surface area contributed by atoms with Crippen molar-refractivity contribution < 1.29 is 22.9 Å². The molecule has 2 aromatic heterocycles. The van der Waals surface area contributed by atoms with E-state index in [9.17, 15) is 9.00 Å². The third-order valence-corrected chi connectivity index (χ3v) is 9.29. The molecule has 0 saturated carbocycles. The summed E-state index contributed by atoms with van der Waals surface area (Å²) in [6.45, 7) is 8.01.